The van der Waals surface area contributed by atoms with Gasteiger partial charge in [0.15, 0.2) is 6.29 Å². The Morgan fingerprint density at radius 1 is 1.28 bits per heavy atom. The molecule has 1 fully saturated rings. The zero-order chi connectivity index (χ0) is 13.3. The second-order valence-corrected chi connectivity index (χ2v) is 6.70. The van der Waals surface area contributed by atoms with Crippen molar-refractivity contribution in [1.29, 1.82) is 0 Å². The molecule has 0 unspecified atom stereocenters. The maximum atomic E-state index is 6.15. The van der Waals surface area contributed by atoms with Crippen molar-refractivity contribution in [3.05, 3.63) is 33.8 Å². The van der Waals surface area contributed by atoms with E-state index in [4.69, 9.17) is 32.7 Å². The van der Waals surface area contributed by atoms with Gasteiger partial charge in [-0.1, -0.05) is 50.0 Å². The molecule has 2 atom stereocenters. The number of benzene rings is 1. The number of hydrogen-bond acceptors (Lipinski definition) is 2. The van der Waals surface area contributed by atoms with Crippen molar-refractivity contribution in [2.24, 2.45) is 5.41 Å². The zero-order valence-corrected chi connectivity index (χ0v) is 12.4. The van der Waals surface area contributed by atoms with E-state index >= 15 is 0 Å². The summed E-state index contributed by atoms with van der Waals surface area (Å²) in [4.78, 5) is 0. The second-order valence-electron chi connectivity index (χ2n) is 5.85. The first-order chi connectivity index (χ1) is 8.35. The molecule has 0 spiro atoms. The van der Waals surface area contributed by atoms with E-state index in [1.54, 1.807) is 12.1 Å². The molecule has 0 radical (unpaired) electrons. The predicted octanol–water partition coefficient (Wildman–Crippen LogP) is 4.84. The molecule has 0 N–H and O–H groups in total. The van der Waals surface area contributed by atoms with Crippen LogP contribution in [0, 0.1) is 5.41 Å². The van der Waals surface area contributed by atoms with Crippen LogP contribution in [-0.2, 0) is 9.47 Å². The Balaban J connectivity index is 2.04. The van der Waals surface area contributed by atoms with Crippen molar-refractivity contribution < 1.29 is 9.47 Å². The van der Waals surface area contributed by atoms with E-state index in [1.807, 2.05) is 6.07 Å². The van der Waals surface area contributed by atoms with Crippen LogP contribution in [0.15, 0.2) is 18.2 Å². The molecule has 1 aromatic rings. The van der Waals surface area contributed by atoms with Gasteiger partial charge in [-0.3, -0.25) is 0 Å². The van der Waals surface area contributed by atoms with Crippen molar-refractivity contribution in [2.75, 3.05) is 6.61 Å². The molecule has 0 aromatic heterocycles. The van der Waals surface area contributed by atoms with Crippen molar-refractivity contribution in [3.8, 4) is 0 Å². The molecule has 1 aliphatic rings. The Bertz CT molecular complexity index is 426. The van der Waals surface area contributed by atoms with E-state index in [1.165, 1.54) is 0 Å². The summed E-state index contributed by atoms with van der Waals surface area (Å²) in [6, 6.07) is 5.36. The highest BCUT2D eigenvalue weighted by atomic mass is 35.5. The summed E-state index contributed by atoms with van der Waals surface area (Å²) >= 11 is 12.0. The summed E-state index contributed by atoms with van der Waals surface area (Å²) in [6.45, 7) is 7.19. The third kappa shape index (κ3) is 3.61. The molecule has 0 bridgehead atoms. The van der Waals surface area contributed by atoms with Gasteiger partial charge in [0.2, 0.25) is 0 Å². The van der Waals surface area contributed by atoms with Crippen LogP contribution in [0.1, 0.15) is 39.0 Å². The van der Waals surface area contributed by atoms with Crippen LogP contribution >= 0.6 is 23.2 Å². The second kappa shape index (κ2) is 5.38. The molecule has 18 heavy (non-hydrogen) atoms. The Kier molecular flexibility index (Phi) is 4.22. The quantitative estimate of drug-likeness (QED) is 0.775. The summed E-state index contributed by atoms with van der Waals surface area (Å²) in [5.41, 5.74) is 1.07. The first kappa shape index (κ1) is 14.1. The highest BCUT2D eigenvalue weighted by Crippen LogP contribution is 2.36. The molecular weight excluding hydrogens is 271 g/mol. The minimum atomic E-state index is -0.373. The van der Waals surface area contributed by atoms with Crippen LogP contribution in [0.4, 0.5) is 0 Å². The molecule has 0 saturated carbocycles. The minimum absolute atomic E-state index is 0.127. The topological polar surface area (TPSA) is 18.5 Å². The summed E-state index contributed by atoms with van der Waals surface area (Å²) in [5, 5.41) is 1.21. The third-order valence-corrected chi connectivity index (χ3v) is 3.37. The summed E-state index contributed by atoms with van der Waals surface area (Å²) in [7, 11) is 0. The summed E-state index contributed by atoms with van der Waals surface area (Å²) in [6.07, 6.45) is 0.721. The predicted molar refractivity (Wildman–Crippen MR) is 74.1 cm³/mol. The SMILES string of the molecule is CC(C)(C)C[C@@H]1CO[C@H](c2ccc(Cl)cc2Cl)O1. The lowest BCUT2D eigenvalue weighted by Crippen LogP contribution is -2.19. The van der Waals surface area contributed by atoms with E-state index in [0.717, 1.165) is 12.0 Å². The van der Waals surface area contributed by atoms with E-state index < -0.39 is 0 Å². The molecule has 1 aromatic carbocycles. The van der Waals surface area contributed by atoms with E-state index in [2.05, 4.69) is 20.8 Å². The lowest BCUT2D eigenvalue weighted by Gasteiger charge is -2.21. The van der Waals surface area contributed by atoms with E-state index in [-0.39, 0.29) is 17.8 Å². The Hall–Kier alpha value is -0.280. The maximum absolute atomic E-state index is 6.15. The van der Waals surface area contributed by atoms with Gasteiger partial charge < -0.3 is 9.47 Å². The molecule has 2 rings (SSSR count). The molecule has 1 aliphatic heterocycles. The van der Waals surface area contributed by atoms with Gasteiger partial charge in [-0.15, -0.1) is 0 Å². The highest BCUT2D eigenvalue weighted by molar-refractivity contribution is 6.35. The van der Waals surface area contributed by atoms with Gasteiger partial charge >= 0.3 is 0 Å². The van der Waals surface area contributed by atoms with Gasteiger partial charge in [-0.25, -0.2) is 0 Å². The van der Waals surface area contributed by atoms with Crippen LogP contribution in [-0.4, -0.2) is 12.7 Å². The molecule has 1 heterocycles. The first-order valence-corrected chi connectivity index (χ1v) is 6.83. The standard InChI is InChI=1S/C14H18Cl2O2/c1-14(2,3)7-10-8-17-13(18-10)11-5-4-9(15)6-12(11)16/h4-6,10,13H,7-8H2,1-3H3/t10-,13+/m1/s1. The monoisotopic (exact) mass is 288 g/mol. The van der Waals surface area contributed by atoms with Gasteiger partial charge in [0.05, 0.1) is 17.7 Å². The van der Waals surface area contributed by atoms with E-state index in [9.17, 15) is 0 Å². The van der Waals surface area contributed by atoms with Crippen LogP contribution in [0.5, 0.6) is 0 Å². The number of halogens is 2. The van der Waals surface area contributed by atoms with Gasteiger partial charge in [0.1, 0.15) is 0 Å². The summed E-state index contributed by atoms with van der Waals surface area (Å²) < 4.78 is 11.6. The van der Waals surface area contributed by atoms with Gasteiger partial charge in [-0.2, -0.15) is 0 Å². The van der Waals surface area contributed by atoms with Crippen molar-refractivity contribution in [3.63, 3.8) is 0 Å². The molecule has 4 heteroatoms. The smallest absolute Gasteiger partial charge is 0.185 e. The van der Waals surface area contributed by atoms with Crippen molar-refractivity contribution in [2.45, 2.75) is 39.6 Å². The normalized spacial score (nSPS) is 24.5. The minimum Gasteiger partial charge on any atom is -0.346 e. The van der Waals surface area contributed by atoms with Crippen molar-refractivity contribution in [1.82, 2.24) is 0 Å². The lowest BCUT2D eigenvalue weighted by molar-refractivity contribution is -0.0650. The largest absolute Gasteiger partial charge is 0.346 e. The average Bonchev–Trinajstić information content (AvgIpc) is 2.63. The third-order valence-electron chi connectivity index (χ3n) is 2.81. The van der Waals surface area contributed by atoms with Crippen LogP contribution in [0.3, 0.4) is 0 Å². The lowest BCUT2D eigenvalue weighted by atomic mass is 9.89. The molecule has 100 valence electrons. The van der Waals surface area contributed by atoms with Crippen LogP contribution in [0.25, 0.3) is 0 Å². The Morgan fingerprint density at radius 2 is 2.00 bits per heavy atom. The molecular formula is C14H18Cl2O2. The van der Waals surface area contributed by atoms with Crippen molar-refractivity contribution >= 4 is 23.2 Å². The highest BCUT2D eigenvalue weighted by Gasteiger charge is 2.31. The van der Waals surface area contributed by atoms with Gasteiger partial charge in [0, 0.05) is 10.6 Å². The molecule has 0 aliphatic carbocycles. The molecule has 0 amide bonds. The molecule has 2 nitrogen and oxygen atoms in total. The van der Waals surface area contributed by atoms with Gasteiger partial charge in [-0.05, 0) is 24.0 Å². The fraction of sp³-hybridized carbons (Fsp3) is 0.571. The fourth-order valence-corrected chi connectivity index (χ4v) is 2.59. The number of rotatable bonds is 2. The fourth-order valence-electron chi connectivity index (χ4n) is 2.09. The summed E-state index contributed by atoms with van der Waals surface area (Å²) in [5.74, 6) is 0. The average molecular weight is 289 g/mol. The maximum Gasteiger partial charge on any atom is 0.185 e. The van der Waals surface area contributed by atoms with Crippen LogP contribution < -0.4 is 0 Å². The van der Waals surface area contributed by atoms with Crippen LogP contribution in [0.2, 0.25) is 10.0 Å². The first-order valence-electron chi connectivity index (χ1n) is 6.07. The number of hydrogen-bond donors (Lipinski definition) is 0. The molecule has 1 saturated heterocycles. The Morgan fingerprint density at radius 3 is 2.61 bits per heavy atom. The Labute approximate surface area is 118 Å². The van der Waals surface area contributed by atoms with E-state index in [0.29, 0.717) is 16.7 Å². The van der Waals surface area contributed by atoms with Gasteiger partial charge in [0.25, 0.3) is 0 Å². The zero-order valence-electron chi connectivity index (χ0n) is 10.9. The number of ether oxygens (including phenoxy) is 2.